The van der Waals surface area contributed by atoms with Crippen LogP contribution in [-0.2, 0) is 0 Å². The zero-order valence-electron chi connectivity index (χ0n) is 8.47. The minimum atomic E-state index is -0.981. The highest BCUT2D eigenvalue weighted by molar-refractivity contribution is 5.93. The van der Waals surface area contributed by atoms with Crippen molar-refractivity contribution >= 4 is 11.8 Å². The summed E-state index contributed by atoms with van der Waals surface area (Å²) < 4.78 is 0. The molecule has 0 aliphatic carbocycles. The van der Waals surface area contributed by atoms with E-state index in [1.165, 1.54) is 6.07 Å². The fraction of sp³-hybridized carbons (Fsp3) is 0.273. The van der Waals surface area contributed by atoms with Crippen molar-refractivity contribution in [1.82, 2.24) is 4.98 Å². The molecule has 4 nitrogen and oxygen atoms in total. The average molecular weight is 204 g/mol. The van der Waals surface area contributed by atoms with Crippen LogP contribution in [0.2, 0.25) is 0 Å². The highest BCUT2D eigenvalue weighted by Crippen LogP contribution is 2.15. The predicted molar refractivity (Wildman–Crippen MR) is 57.9 cm³/mol. The molecule has 1 aromatic heterocycles. The standard InChI is InChI=1S/C11H12N2O2/c1-3-4-8-13(2)10-9(11(14)15)6-5-7-12-10/h1,5-7H,4,8H2,2H3,(H,14,15). The number of anilines is 1. The van der Waals surface area contributed by atoms with Crippen LogP contribution in [0.3, 0.4) is 0 Å². The molecule has 0 spiro atoms. The Balaban J connectivity index is 2.93. The van der Waals surface area contributed by atoms with Crippen molar-refractivity contribution in [1.29, 1.82) is 0 Å². The second-order valence-corrected chi connectivity index (χ2v) is 3.06. The van der Waals surface area contributed by atoms with Crippen LogP contribution in [0.1, 0.15) is 16.8 Å². The summed E-state index contributed by atoms with van der Waals surface area (Å²) in [5.41, 5.74) is 0.192. The van der Waals surface area contributed by atoms with Gasteiger partial charge in [0.25, 0.3) is 0 Å². The molecule has 1 heterocycles. The van der Waals surface area contributed by atoms with Crippen molar-refractivity contribution in [3.63, 3.8) is 0 Å². The lowest BCUT2D eigenvalue weighted by Gasteiger charge is -2.18. The smallest absolute Gasteiger partial charge is 0.339 e. The first-order valence-electron chi connectivity index (χ1n) is 4.49. The number of aromatic carboxylic acids is 1. The Morgan fingerprint density at radius 3 is 3.07 bits per heavy atom. The summed E-state index contributed by atoms with van der Waals surface area (Å²) in [5.74, 6) is 1.96. The summed E-state index contributed by atoms with van der Waals surface area (Å²) in [7, 11) is 1.77. The fourth-order valence-corrected chi connectivity index (χ4v) is 1.21. The van der Waals surface area contributed by atoms with Gasteiger partial charge in [0.05, 0.1) is 0 Å². The molecule has 0 saturated heterocycles. The normalized spacial score (nSPS) is 9.33. The fourth-order valence-electron chi connectivity index (χ4n) is 1.21. The van der Waals surface area contributed by atoms with Crippen LogP contribution in [0.15, 0.2) is 18.3 Å². The first-order chi connectivity index (χ1) is 7.16. The number of aromatic nitrogens is 1. The zero-order chi connectivity index (χ0) is 11.3. The zero-order valence-corrected chi connectivity index (χ0v) is 8.47. The second kappa shape index (κ2) is 5.01. The topological polar surface area (TPSA) is 53.4 Å². The summed E-state index contributed by atoms with van der Waals surface area (Å²) in [6, 6.07) is 3.12. The molecule has 0 radical (unpaired) electrons. The van der Waals surface area contributed by atoms with Crippen LogP contribution in [0.25, 0.3) is 0 Å². The van der Waals surface area contributed by atoms with Crippen molar-refractivity contribution in [2.75, 3.05) is 18.5 Å². The third kappa shape index (κ3) is 2.71. The number of rotatable bonds is 4. The number of terminal acetylenes is 1. The lowest BCUT2D eigenvalue weighted by Crippen LogP contribution is -2.22. The molecule has 0 amide bonds. The van der Waals surface area contributed by atoms with Gasteiger partial charge < -0.3 is 10.0 Å². The maximum absolute atomic E-state index is 10.9. The number of carboxylic acids is 1. The van der Waals surface area contributed by atoms with Gasteiger partial charge in [0, 0.05) is 26.2 Å². The summed E-state index contributed by atoms with van der Waals surface area (Å²) in [6.45, 7) is 0.591. The number of nitrogens with zero attached hydrogens (tertiary/aromatic N) is 2. The number of carboxylic acid groups (broad SMARTS) is 1. The Morgan fingerprint density at radius 2 is 2.47 bits per heavy atom. The molecule has 1 rings (SSSR count). The van der Waals surface area contributed by atoms with Gasteiger partial charge >= 0.3 is 5.97 Å². The Hall–Kier alpha value is -2.02. The Bertz CT molecular complexity index is 396. The van der Waals surface area contributed by atoms with E-state index in [-0.39, 0.29) is 5.56 Å². The Morgan fingerprint density at radius 1 is 1.73 bits per heavy atom. The molecular formula is C11H12N2O2. The van der Waals surface area contributed by atoms with E-state index in [2.05, 4.69) is 10.9 Å². The second-order valence-electron chi connectivity index (χ2n) is 3.06. The van der Waals surface area contributed by atoms with E-state index in [0.29, 0.717) is 18.8 Å². The van der Waals surface area contributed by atoms with E-state index in [1.807, 2.05) is 0 Å². The number of carbonyl (C=O) groups is 1. The van der Waals surface area contributed by atoms with Crippen LogP contribution in [0, 0.1) is 12.3 Å². The van der Waals surface area contributed by atoms with Gasteiger partial charge in [0.2, 0.25) is 0 Å². The van der Waals surface area contributed by atoms with Gasteiger partial charge in [-0.15, -0.1) is 12.3 Å². The minimum absolute atomic E-state index is 0.192. The molecule has 4 heteroatoms. The monoisotopic (exact) mass is 204 g/mol. The molecule has 0 bridgehead atoms. The predicted octanol–water partition coefficient (Wildman–Crippen LogP) is 1.24. The SMILES string of the molecule is C#CCCN(C)c1ncccc1C(=O)O. The van der Waals surface area contributed by atoms with Crippen LogP contribution in [0.4, 0.5) is 5.82 Å². The third-order valence-electron chi connectivity index (χ3n) is 1.97. The lowest BCUT2D eigenvalue weighted by atomic mass is 10.2. The maximum atomic E-state index is 10.9. The van der Waals surface area contributed by atoms with Gasteiger partial charge in [-0.05, 0) is 12.1 Å². The van der Waals surface area contributed by atoms with Gasteiger partial charge in [-0.25, -0.2) is 9.78 Å². The molecular weight excluding hydrogens is 192 g/mol. The quantitative estimate of drug-likeness (QED) is 0.750. The molecule has 0 aliphatic heterocycles. The summed E-state index contributed by atoms with van der Waals surface area (Å²) in [5, 5.41) is 8.93. The van der Waals surface area contributed by atoms with Gasteiger partial charge in [0.15, 0.2) is 0 Å². The van der Waals surface area contributed by atoms with Crippen LogP contribution >= 0.6 is 0 Å². The van der Waals surface area contributed by atoms with Crippen LogP contribution in [-0.4, -0.2) is 29.7 Å². The average Bonchev–Trinajstić information content (AvgIpc) is 2.25. The van der Waals surface area contributed by atoms with E-state index >= 15 is 0 Å². The molecule has 0 unspecified atom stereocenters. The van der Waals surface area contributed by atoms with E-state index in [4.69, 9.17) is 11.5 Å². The Labute approximate surface area is 88.6 Å². The number of pyridine rings is 1. The van der Waals surface area contributed by atoms with E-state index in [0.717, 1.165) is 0 Å². The van der Waals surface area contributed by atoms with Crippen molar-refractivity contribution in [2.45, 2.75) is 6.42 Å². The van der Waals surface area contributed by atoms with E-state index in [1.54, 1.807) is 24.2 Å². The van der Waals surface area contributed by atoms with E-state index in [9.17, 15) is 4.79 Å². The van der Waals surface area contributed by atoms with Crippen molar-refractivity contribution in [3.8, 4) is 12.3 Å². The van der Waals surface area contributed by atoms with Crippen molar-refractivity contribution in [2.24, 2.45) is 0 Å². The summed E-state index contributed by atoms with van der Waals surface area (Å²) in [6.07, 6.45) is 7.26. The third-order valence-corrected chi connectivity index (χ3v) is 1.97. The van der Waals surface area contributed by atoms with Crippen molar-refractivity contribution < 1.29 is 9.90 Å². The molecule has 1 aromatic rings. The summed E-state index contributed by atoms with van der Waals surface area (Å²) >= 11 is 0. The number of hydrogen-bond donors (Lipinski definition) is 1. The van der Waals surface area contributed by atoms with Gasteiger partial charge in [0.1, 0.15) is 11.4 Å². The highest BCUT2D eigenvalue weighted by atomic mass is 16.4. The summed E-state index contributed by atoms with van der Waals surface area (Å²) in [4.78, 5) is 16.7. The number of hydrogen-bond acceptors (Lipinski definition) is 3. The highest BCUT2D eigenvalue weighted by Gasteiger charge is 2.13. The molecule has 0 aliphatic rings. The van der Waals surface area contributed by atoms with Gasteiger partial charge in [-0.1, -0.05) is 0 Å². The first-order valence-corrected chi connectivity index (χ1v) is 4.49. The molecule has 0 aromatic carbocycles. The maximum Gasteiger partial charge on any atom is 0.339 e. The molecule has 0 saturated carbocycles. The van der Waals surface area contributed by atoms with E-state index < -0.39 is 5.97 Å². The van der Waals surface area contributed by atoms with Crippen molar-refractivity contribution in [3.05, 3.63) is 23.9 Å². The molecule has 15 heavy (non-hydrogen) atoms. The minimum Gasteiger partial charge on any atom is -0.478 e. The first kappa shape index (κ1) is 11.1. The van der Waals surface area contributed by atoms with Crippen LogP contribution < -0.4 is 4.90 Å². The molecule has 0 atom stereocenters. The van der Waals surface area contributed by atoms with Gasteiger partial charge in [-0.2, -0.15) is 0 Å². The molecule has 0 fully saturated rings. The lowest BCUT2D eigenvalue weighted by molar-refractivity contribution is 0.0697. The largest absolute Gasteiger partial charge is 0.478 e. The van der Waals surface area contributed by atoms with Crippen LogP contribution in [0.5, 0.6) is 0 Å². The van der Waals surface area contributed by atoms with Gasteiger partial charge in [-0.3, -0.25) is 0 Å². The molecule has 1 N–H and O–H groups in total. The Kier molecular flexibility index (Phi) is 3.69. The molecule has 78 valence electrons.